The van der Waals surface area contributed by atoms with Gasteiger partial charge < -0.3 is 24.8 Å². The van der Waals surface area contributed by atoms with Gasteiger partial charge in [-0.25, -0.2) is 4.79 Å². The smallest absolute Gasteiger partial charge is 0.315 e. The minimum atomic E-state index is -0.0865. The molecule has 1 aliphatic heterocycles. The summed E-state index contributed by atoms with van der Waals surface area (Å²) in [7, 11) is 2.18. The summed E-state index contributed by atoms with van der Waals surface area (Å²) in [6.07, 6.45) is 8.10. The van der Waals surface area contributed by atoms with Crippen molar-refractivity contribution in [3.8, 4) is 5.00 Å². The summed E-state index contributed by atoms with van der Waals surface area (Å²) in [5.74, 6) is 0.592. The molecule has 0 fully saturated rings. The molecule has 1 atom stereocenters. The third-order valence-electron chi connectivity index (χ3n) is 5.75. The molecule has 2 aromatic rings. The summed E-state index contributed by atoms with van der Waals surface area (Å²) >= 11 is 1.87. The summed E-state index contributed by atoms with van der Waals surface area (Å²) in [5.41, 5.74) is 2.76. The van der Waals surface area contributed by atoms with Gasteiger partial charge >= 0.3 is 6.03 Å². The number of hydrogen-bond acceptors (Lipinski definition) is 4. The zero-order valence-electron chi connectivity index (χ0n) is 19.4. The lowest BCUT2D eigenvalue weighted by molar-refractivity contribution is 0.145. The molecule has 31 heavy (non-hydrogen) atoms. The molecule has 2 aromatic heterocycles. The number of likely N-dealkylation sites (N-methyl/N-ethyl adjacent to an activating group) is 1. The van der Waals surface area contributed by atoms with Crippen molar-refractivity contribution >= 4 is 17.4 Å². The molecule has 3 heterocycles. The van der Waals surface area contributed by atoms with Gasteiger partial charge in [0.15, 0.2) is 0 Å². The first kappa shape index (κ1) is 23.8. The molecule has 0 spiro atoms. The Bertz CT molecular complexity index is 816. The topological polar surface area (TPSA) is 58.5 Å². The van der Waals surface area contributed by atoms with Crippen LogP contribution in [0.3, 0.4) is 0 Å². The van der Waals surface area contributed by atoms with Crippen molar-refractivity contribution in [1.82, 2.24) is 20.1 Å². The largest absolute Gasteiger partial charge is 0.382 e. The highest BCUT2D eigenvalue weighted by molar-refractivity contribution is 7.15. The van der Waals surface area contributed by atoms with Gasteiger partial charge in [0.1, 0.15) is 5.00 Å². The van der Waals surface area contributed by atoms with Crippen LogP contribution in [0.1, 0.15) is 62.1 Å². The fourth-order valence-corrected chi connectivity index (χ4v) is 5.54. The van der Waals surface area contributed by atoms with Crippen molar-refractivity contribution in [2.45, 2.75) is 59.0 Å². The fourth-order valence-electron chi connectivity index (χ4n) is 4.08. The maximum atomic E-state index is 12.8. The third kappa shape index (κ3) is 6.57. The van der Waals surface area contributed by atoms with Crippen LogP contribution in [0.2, 0.25) is 0 Å². The van der Waals surface area contributed by atoms with E-state index >= 15 is 0 Å². The van der Waals surface area contributed by atoms with Crippen molar-refractivity contribution in [2.75, 3.05) is 33.4 Å². The average molecular weight is 447 g/mol. The molecule has 3 rings (SSSR count). The fraction of sp³-hybridized carbons (Fsp3) is 0.625. The number of amides is 2. The van der Waals surface area contributed by atoms with E-state index in [4.69, 9.17) is 4.74 Å². The molecule has 2 amide bonds. The van der Waals surface area contributed by atoms with E-state index in [-0.39, 0.29) is 12.1 Å². The summed E-state index contributed by atoms with van der Waals surface area (Å²) in [6, 6.07) is 4.05. The van der Waals surface area contributed by atoms with Crippen LogP contribution < -0.4 is 10.6 Å². The molecule has 0 radical (unpaired) electrons. The normalized spacial score (nSPS) is 15.1. The zero-order chi connectivity index (χ0) is 22.2. The highest BCUT2D eigenvalue weighted by atomic mass is 32.1. The minimum absolute atomic E-state index is 0.00935. The van der Waals surface area contributed by atoms with Crippen LogP contribution in [0.15, 0.2) is 24.5 Å². The lowest BCUT2D eigenvalue weighted by Gasteiger charge is -2.26. The standard InChI is InChI=1S/C24H38N4O2S/c1-5-30-16-8-12-25-24(29)26-20(10-9-18(2)3)22-19-11-15-27(4)17-21(19)31-23(22)28-13-6-7-14-28/h6-7,13-14,18,20H,5,8-12,15-17H2,1-4H3,(H2,25,26,29)/t20-/m0/s1. The second-order valence-electron chi connectivity index (χ2n) is 8.78. The van der Waals surface area contributed by atoms with Gasteiger partial charge in [-0.05, 0) is 63.3 Å². The second-order valence-corrected chi connectivity index (χ2v) is 9.86. The van der Waals surface area contributed by atoms with Gasteiger partial charge in [0.05, 0.1) is 6.04 Å². The molecule has 172 valence electrons. The van der Waals surface area contributed by atoms with Crippen LogP contribution >= 0.6 is 11.3 Å². The molecular formula is C24H38N4O2S. The molecule has 0 saturated carbocycles. The molecule has 0 aromatic carbocycles. The van der Waals surface area contributed by atoms with E-state index < -0.39 is 0 Å². The lowest BCUT2D eigenvalue weighted by Crippen LogP contribution is -2.39. The number of ether oxygens (including phenoxy) is 1. The summed E-state index contributed by atoms with van der Waals surface area (Å²) < 4.78 is 7.58. The molecule has 0 unspecified atom stereocenters. The van der Waals surface area contributed by atoms with Gasteiger partial charge in [-0.2, -0.15) is 0 Å². The Morgan fingerprint density at radius 2 is 2.03 bits per heavy atom. The molecule has 2 N–H and O–H groups in total. The van der Waals surface area contributed by atoms with E-state index in [1.54, 1.807) is 0 Å². The summed E-state index contributed by atoms with van der Waals surface area (Å²) in [4.78, 5) is 16.6. The number of urea groups is 1. The van der Waals surface area contributed by atoms with Crippen LogP contribution in [0.4, 0.5) is 4.79 Å². The molecule has 0 saturated heterocycles. The monoisotopic (exact) mass is 446 g/mol. The minimum Gasteiger partial charge on any atom is -0.382 e. The molecule has 6 nitrogen and oxygen atoms in total. The highest BCUT2D eigenvalue weighted by Crippen LogP contribution is 2.40. The van der Waals surface area contributed by atoms with Gasteiger partial charge in [-0.3, -0.25) is 0 Å². The number of carbonyl (C=O) groups excluding carboxylic acids is 1. The molecule has 0 aliphatic carbocycles. The first-order valence-corrected chi connectivity index (χ1v) is 12.4. The maximum Gasteiger partial charge on any atom is 0.315 e. The molecule has 7 heteroatoms. The van der Waals surface area contributed by atoms with Crippen molar-refractivity contribution < 1.29 is 9.53 Å². The molecule has 1 aliphatic rings. The van der Waals surface area contributed by atoms with Gasteiger partial charge in [0.2, 0.25) is 0 Å². The average Bonchev–Trinajstić information content (AvgIpc) is 3.38. The van der Waals surface area contributed by atoms with Gasteiger partial charge in [-0.1, -0.05) is 13.8 Å². The Kier molecular flexibility index (Phi) is 8.99. The number of hydrogen-bond donors (Lipinski definition) is 2. The van der Waals surface area contributed by atoms with E-state index in [1.165, 1.54) is 21.0 Å². The van der Waals surface area contributed by atoms with Crippen LogP contribution in [0.25, 0.3) is 5.00 Å². The Balaban J connectivity index is 1.83. The van der Waals surface area contributed by atoms with E-state index in [2.05, 4.69) is 65.5 Å². The van der Waals surface area contributed by atoms with Crippen LogP contribution in [-0.2, 0) is 17.7 Å². The summed E-state index contributed by atoms with van der Waals surface area (Å²) in [6.45, 7) is 10.5. The summed E-state index contributed by atoms with van der Waals surface area (Å²) in [5, 5.41) is 7.59. The Labute approximate surface area is 191 Å². The molecular weight excluding hydrogens is 408 g/mol. The van der Waals surface area contributed by atoms with Gasteiger partial charge in [-0.15, -0.1) is 11.3 Å². The third-order valence-corrected chi connectivity index (χ3v) is 7.00. The van der Waals surface area contributed by atoms with Crippen molar-refractivity contribution in [3.05, 3.63) is 40.5 Å². The zero-order valence-corrected chi connectivity index (χ0v) is 20.3. The number of carbonyl (C=O) groups is 1. The number of nitrogens with zero attached hydrogens (tertiary/aromatic N) is 2. The SMILES string of the molecule is CCOCCCNC(=O)N[C@@H](CCC(C)C)c1c(-n2cccc2)sc2c1CCN(C)C2. The maximum absolute atomic E-state index is 12.8. The first-order valence-electron chi connectivity index (χ1n) is 11.6. The Morgan fingerprint density at radius 1 is 1.26 bits per heavy atom. The first-order chi connectivity index (χ1) is 15.0. The number of nitrogens with one attached hydrogen (secondary N) is 2. The lowest BCUT2D eigenvalue weighted by atomic mass is 9.93. The van der Waals surface area contributed by atoms with E-state index in [0.717, 1.165) is 38.8 Å². The number of fused-ring (bicyclic) bond motifs is 1. The number of rotatable bonds is 11. The Hall–Kier alpha value is -1.83. The van der Waals surface area contributed by atoms with Crippen LogP contribution in [-0.4, -0.2) is 48.8 Å². The van der Waals surface area contributed by atoms with Crippen LogP contribution in [0, 0.1) is 5.92 Å². The van der Waals surface area contributed by atoms with Crippen molar-refractivity contribution in [1.29, 1.82) is 0 Å². The van der Waals surface area contributed by atoms with E-state index in [0.29, 0.717) is 25.7 Å². The second kappa shape index (κ2) is 11.7. The van der Waals surface area contributed by atoms with Crippen molar-refractivity contribution in [2.24, 2.45) is 5.92 Å². The quantitative estimate of drug-likeness (QED) is 0.491. The van der Waals surface area contributed by atoms with Crippen LogP contribution in [0.5, 0.6) is 0 Å². The Morgan fingerprint density at radius 3 is 2.74 bits per heavy atom. The highest BCUT2D eigenvalue weighted by Gasteiger charge is 2.29. The molecule has 0 bridgehead atoms. The number of aromatic nitrogens is 1. The van der Waals surface area contributed by atoms with E-state index in [1.807, 2.05) is 18.3 Å². The van der Waals surface area contributed by atoms with Gasteiger partial charge in [0, 0.05) is 55.7 Å². The number of thiophene rings is 1. The van der Waals surface area contributed by atoms with Crippen molar-refractivity contribution in [3.63, 3.8) is 0 Å². The predicted octanol–water partition coefficient (Wildman–Crippen LogP) is 4.73. The van der Waals surface area contributed by atoms with E-state index in [9.17, 15) is 4.79 Å². The predicted molar refractivity (Wildman–Crippen MR) is 128 cm³/mol. The van der Waals surface area contributed by atoms with Gasteiger partial charge in [0.25, 0.3) is 0 Å².